The molecular formula is C38H24F18O12S8. The zero-order chi connectivity index (χ0) is 58.7. The lowest BCUT2D eigenvalue weighted by Gasteiger charge is -2.31. The topological polar surface area (TPSA) is 205 Å². The van der Waals surface area contributed by atoms with Crippen LogP contribution in [0.3, 0.4) is 0 Å². The predicted octanol–water partition coefficient (Wildman–Crippen LogP) is 10.4. The lowest BCUT2D eigenvalue weighted by atomic mass is 10.3. The molecule has 0 amide bonds. The average Bonchev–Trinajstić information content (AvgIpc) is 3.26. The lowest BCUT2D eigenvalue weighted by Crippen LogP contribution is -2.47. The molecule has 0 aromatic heterocycles. The number of alkyl halides is 18. The summed E-state index contributed by atoms with van der Waals surface area (Å²) in [6.45, 7) is 0. The van der Waals surface area contributed by atoms with Gasteiger partial charge in [0.25, 0.3) is 0 Å². The third-order valence-electron chi connectivity index (χ3n) is 8.35. The van der Waals surface area contributed by atoms with Gasteiger partial charge in [0.15, 0.2) is 78.6 Å². The smallest absolute Gasteiger partial charge is 0.251 e. The number of hydrogen-bond acceptors (Lipinski definition) is 12. The second-order valence-corrected chi connectivity index (χ2v) is 30.3. The van der Waals surface area contributed by atoms with E-state index in [4.69, 9.17) is 0 Å². The van der Waals surface area contributed by atoms with Gasteiger partial charge in [-0.15, -0.1) is 0 Å². The SMILES string of the molecule is O=S(=O)([C-](S(=O)(=O)C(F)(F)F)S(=O)(=O)C(F)(F)F)C(F)(F)F.O=S(=O)([C-](S(=O)(=O)C(F)(F)F)S(=O)(=O)C(F)(F)F)C(F)(F)F.c1ccc([S+](c2ccccc2)c2ccccc2[S+](c2ccccc2)c2ccccc2)cc1. The van der Waals surface area contributed by atoms with Crippen molar-refractivity contribution in [2.75, 3.05) is 0 Å². The van der Waals surface area contributed by atoms with E-state index in [0.717, 1.165) is 0 Å². The van der Waals surface area contributed by atoms with E-state index in [-0.39, 0.29) is 21.8 Å². The van der Waals surface area contributed by atoms with Crippen LogP contribution in [0.2, 0.25) is 0 Å². The molecule has 5 rings (SSSR count). The van der Waals surface area contributed by atoms with Gasteiger partial charge < -0.3 is 0 Å². The largest absolute Gasteiger partial charge is 0.470 e. The van der Waals surface area contributed by atoms with Crippen LogP contribution in [0.15, 0.2) is 175 Å². The van der Waals surface area contributed by atoms with Crippen LogP contribution in [0.25, 0.3) is 0 Å². The van der Waals surface area contributed by atoms with Crippen LogP contribution in [-0.4, -0.2) is 83.6 Å². The van der Waals surface area contributed by atoms with E-state index in [1.807, 2.05) is 0 Å². The van der Waals surface area contributed by atoms with E-state index in [9.17, 15) is 130 Å². The Kier molecular flexibility index (Phi) is 19.8. The summed E-state index contributed by atoms with van der Waals surface area (Å²) in [5, 5.41) is 0. The van der Waals surface area contributed by atoms with E-state index in [1.165, 1.54) is 29.4 Å². The van der Waals surface area contributed by atoms with Gasteiger partial charge in [-0.2, -0.15) is 79.0 Å². The first-order valence-electron chi connectivity index (χ1n) is 18.5. The first kappa shape index (κ1) is 65.5. The summed E-state index contributed by atoms with van der Waals surface area (Å²) >= 11 is 0. The van der Waals surface area contributed by atoms with Crippen LogP contribution in [0.1, 0.15) is 0 Å². The van der Waals surface area contributed by atoms with Gasteiger partial charge in [-0.1, -0.05) is 84.9 Å². The Morgan fingerprint density at radius 3 is 0.500 bits per heavy atom. The van der Waals surface area contributed by atoms with Crippen molar-refractivity contribution in [3.05, 3.63) is 153 Å². The molecule has 422 valence electrons. The maximum Gasteiger partial charge on any atom is 0.470 e. The highest BCUT2D eigenvalue weighted by atomic mass is 32.3. The Labute approximate surface area is 424 Å². The minimum Gasteiger partial charge on any atom is -0.251 e. The van der Waals surface area contributed by atoms with E-state index in [1.54, 1.807) is 0 Å². The van der Waals surface area contributed by atoms with Crippen molar-refractivity contribution in [3.8, 4) is 0 Å². The molecule has 0 spiro atoms. The van der Waals surface area contributed by atoms with Crippen LogP contribution in [0.5, 0.6) is 0 Å². The quantitative estimate of drug-likeness (QED) is 0.0650. The summed E-state index contributed by atoms with van der Waals surface area (Å²) < 4.78 is 335. The van der Waals surface area contributed by atoms with Crippen LogP contribution in [0, 0.1) is 7.83 Å². The normalized spacial score (nSPS) is 14.0. The molecule has 0 bridgehead atoms. The maximum atomic E-state index is 12.0. The van der Waals surface area contributed by atoms with Crippen LogP contribution < -0.4 is 0 Å². The molecule has 0 fully saturated rings. The zero-order valence-corrected chi connectivity index (χ0v) is 42.4. The summed E-state index contributed by atoms with van der Waals surface area (Å²) in [6.07, 6.45) is 0. The highest BCUT2D eigenvalue weighted by molar-refractivity contribution is 8.30. The first-order valence-corrected chi connectivity index (χ1v) is 29.9. The van der Waals surface area contributed by atoms with Crippen LogP contribution in [-0.2, 0) is 80.8 Å². The number of benzene rings is 5. The molecule has 38 heteroatoms. The second kappa shape index (κ2) is 22.9. The lowest BCUT2D eigenvalue weighted by molar-refractivity contribution is -0.0488. The summed E-state index contributed by atoms with van der Waals surface area (Å²) in [7, 11) is -48.5. The molecule has 5 aromatic rings. The number of halogens is 18. The predicted molar refractivity (Wildman–Crippen MR) is 233 cm³/mol. The van der Waals surface area contributed by atoms with E-state index < -0.39 is 99.9 Å². The van der Waals surface area contributed by atoms with Crippen molar-refractivity contribution in [2.24, 2.45) is 0 Å². The Bertz CT molecular complexity index is 2960. The van der Waals surface area contributed by atoms with Gasteiger partial charge in [0.05, 0.1) is 7.83 Å². The van der Waals surface area contributed by atoms with Gasteiger partial charge in [-0.25, -0.2) is 0 Å². The van der Waals surface area contributed by atoms with Gasteiger partial charge in [0, 0.05) is 0 Å². The van der Waals surface area contributed by atoms with Crippen molar-refractivity contribution < 1.29 is 130 Å². The van der Waals surface area contributed by atoms with E-state index >= 15 is 0 Å². The fourth-order valence-corrected chi connectivity index (χ4v) is 21.4. The molecule has 0 N–H and O–H groups in total. The van der Waals surface area contributed by atoms with Gasteiger partial charge >= 0.3 is 33.0 Å². The molecule has 0 aliphatic heterocycles. The minimum absolute atomic E-state index is 0.187. The monoisotopic (exact) mass is 1270 g/mol. The molecule has 0 radical (unpaired) electrons. The minimum atomic E-state index is -8.02. The van der Waals surface area contributed by atoms with Crippen LogP contribution in [0.4, 0.5) is 79.0 Å². The number of sulfone groups is 6. The summed E-state index contributed by atoms with van der Waals surface area (Å²) in [6, 6.07) is 52.7. The molecule has 0 heterocycles. The Morgan fingerprint density at radius 1 is 0.237 bits per heavy atom. The van der Waals surface area contributed by atoms with Gasteiger partial charge in [-0.3, -0.25) is 50.5 Å². The third-order valence-corrected chi connectivity index (χ3v) is 27.2. The Morgan fingerprint density at radius 2 is 0.368 bits per heavy atom. The molecule has 0 aliphatic rings. The van der Waals surface area contributed by atoms with Crippen molar-refractivity contribution in [2.45, 2.75) is 62.4 Å². The fraction of sp³-hybridized carbons (Fsp3) is 0.158. The highest BCUT2D eigenvalue weighted by Crippen LogP contribution is 2.50. The number of hydrogen-bond donors (Lipinski definition) is 0. The molecule has 12 nitrogen and oxygen atoms in total. The number of rotatable bonds is 12. The standard InChI is InChI=1S/C30H24S2.2C4F9O6S3/c1-5-15-25(16-6-1)31(26-17-7-2-8-18-26)29-23-13-14-24-30(29)32(27-19-9-3-10-20-27)28-21-11-4-12-22-28;2*5-2(6,7)20(14,15)1(21(16,17)3(8,9)10)22(18,19)4(11,12)13/h1-24H;;/q+2;2*-1. The summed E-state index contributed by atoms with van der Waals surface area (Å²) in [5.74, 6) is 0. The second-order valence-electron chi connectivity index (χ2n) is 13.5. The van der Waals surface area contributed by atoms with Crippen molar-refractivity contribution in [1.82, 2.24) is 0 Å². The zero-order valence-electron chi connectivity index (χ0n) is 35.8. The molecular weight excluding hydrogens is 1250 g/mol. The molecule has 76 heavy (non-hydrogen) atoms. The van der Waals surface area contributed by atoms with Gasteiger partial charge in [-0.05, 0) is 60.7 Å². The maximum absolute atomic E-state index is 12.0. The molecule has 0 aliphatic carbocycles. The Balaban J connectivity index is 0.000000311. The first-order chi connectivity index (χ1) is 34.1. The molecule has 0 saturated heterocycles. The summed E-state index contributed by atoms with van der Waals surface area (Å²) in [5.41, 5.74) is -42.3. The molecule has 5 aromatic carbocycles. The van der Waals surface area contributed by atoms with Gasteiger partial charge in [0.2, 0.25) is 9.79 Å². The fourth-order valence-electron chi connectivity index (χ4n) is 5.23. The van der Waals surface area contributed by atoms with Crippen LogP contribution >= 0.6 is 0 Å². The van der Waals surface area contributed by atoms with E-state index in [0.29, 0.717) is 0 Å². The van der Waals surface area contributed by atoms with Crippen molar-refractivity contribution in [3.63, 3.8) is 0 Å². The Hall–Kier alpha value is -4.76. The third kappa shape index (κ3) is 13.9. The van der Waals surface area contributed by atoms with Crippen molar-refractivity contribution in [1.29, 1.82) is 0 Å². The average molecular weight is 1270 g/mol. The molecule has 0 unspecified atom stereocenters. The summed E-state index contributed by atoms with van der Waals surface area (Å²) in [4.78, 5) is 8.15. The van der Waals surface area contributed by atoms with Crippen molar-refractivity contribution >= 4 is 80.8 Å². The van der Waals surface area contributed by atoms with E-state index in [2.05, 4.69) is 146 Å². The molecule has 0 saturated carbocycles. The highest BCUT2D eigenvalue weighted by Gasteiger charge is 2.65. The molecule has 0 atom stereocenters. The van der Waals surface area contributed by atoms with Gasteiger partial charge in [0.1, 0.15) is 21.8 Å².